The molecule has 1 N–H and O–H groups in total. The van der Waals surface area contributed by atoms with Gasteiger partial charge in [0.2, 0.25) is 0 Å². The lowest BCUT2D eigenvalue weighted by Gasteiger charge is -2.23. The molecule has 0 saturated carbocycles. The van der Waals surface area contributed by atoms with Crippen molar-refractivity contribution in [2.75, 3.05) is 12.0 Å². The summed E-state index contributed by atoms with van der Waals surface area (Å²) in [6.07, 6.45) is 2.13. The largest absolute Gasteiger partial charge is 0.385 e. The van der Waals surface area contributed by atoms with E-state index in [1.807, 2.05) is 30.3 Å². The molecular weight excluding hydrogens is 224 g/mol. The molecule has 0 aromatic heterocycles. The van der Waals surface area contributed by atoms with Crippen molar-refractivity contribution in [2.45, 2.75) is 25.4 Å². The summed E-state index contributed by atoms with van der Waals surface area (Å²) in [5.41, 5.74) is -0.130. The third kappa shape index (κ3) is 4.33. The normalized spacial score (nSPS) is 15.7. The predicted molar refractivity (Wildman–Crippen MR) is 65.0 cm³/mol. The van der Waals surface area contributed by atoms with Crippen molar-refractivity contribution in [1.29, 1.82) is 0 Å². The fourth-order valence-corrected chi connectivity index (χ4v) is 2.29. The van der Waals surface area contributed by atoms with Crippen LogP contribution in [0.25, 0.3) is 0 Å². The maximum absolute atomic E-state index is 11.0. The summed E-state index contributed by atoms with van der Waals surface area (Å²) < 4.78 is 21.9. The summed E-state index contributed by atoms with van der Waals surface area (Å²) in [7, 11) is -2.94. The average Bonchev–Trinajstić information content (AvgIpc) is 2.17. The Hall–Kier alpha value is -0.870. The lowest BCUT2D eigenvalue weighted by atomic mass is 9.92. The van der Waals surface area contributed by atoms with Crippen LogP contribution in [0.5, 0.6) is 0 Å². The van der Waals surface area contributed by atoms with E-state index in [4.69, 9.17) is 0 Å². The first-order valence-corrected chi connectivity index (χ1v) is 7.33. The number of rotatable bonds is 5. The summed E-state index contributed by atoms with van der Waals surface area (Å²) in [6, 6.07) is 9.30. The fourth-order valence-electron chi connectivity index (χ4n) is 1.62. The van der Waals surface area contributed by atoms with Gasteiger partial charge >= 0.3 is 0 Å². The third-order valence-corrected chi connectivity index (χ3v) is 3.60. The van der Waals surface area contributed by atoms with Gasteiger partial charge in [-0.15, -0.1) is 0 Å². The molecule has 0 heterocycles. The molecule has 0 fully saturated rings. The first kappa shape index (κ1) is 13.2. The zero-order chi connectivity index (χ0) is 12.2. The van der Waals surface area contributed by atoms with E-state index >= 15 is 0 Å². The van der Waals surface area contributed by atoms with Crippen LogP contribution in [0.1, 0.15) is 25.3 Å². The highest BCUT2D eigenvalue weighted by Gasteiger charge is 2.22. The third-order valence-electron chi connectivity index (χ3n) is 2.57. The number of hydrogen-bond acceptors (Lipinski definition) is 3. The Morgan fingerprint density at radius 1 is 1.25 bits per heavy atom. The average molecular weight is 242 g/mol. The highest BCUT2D eigenvalue weighted by atomic mass is 32.2. The molecule has 90 valence electrons. The second-order valence-electron chi connectivity index (χ2n) is 4.37. The van der Waals surface area contributed by atoms with Gasteiger partial charge in [-0.2, -0.15) is 0 Å². The van der Waals surface area contributed by atoms with Crippen molar-refractivity contribution in [3.63, 3.8) is 0 Å². The summed E-state index contributed by atoms with van der Waals surface area (Å²) >= 11 is 0. The van der Waals surface area contributed by atoms with Gasteiger partial charge in [-0.25, -0.2) is 8.42 Å². The van der Waals surface area contributed by atoms with E-state index in [0.717, 1.165) is 5.56 Å². The van der Waals surface area contributed by atoms with E-state index < -0.39 is 15.4 Å². The second kappa shape index (κ2) is 4.97. The lowest BCUT2D eigenvalue weighted by molar-refractivity contribution is 0.0472. The van der Waals surface area contributed by atoms with Crippen LogP contribution < -0.4 is 0 Å². The van der Waals surface area contributed by atoms with E-state index in [2.05, 4.69) is 0 Å². The molecule has 0 amide bonds. The molecule has 0 bridgehead atoms. The second-order valence-corrected chi connectivity index (χ2v) is 6.63. The minimum absolute atomic E-state index is 0.121. The monoisotopic (exact) mass is 242 g/mol. The molecule has 1 aromatic rings. The van der Waals surface area contributed by atoms with Gasteiger partial charge in [-0.3, -0.25) is 0 Å². The van der Waals surface area contributed by atoms with Crippen LogP contribution in [-0.2, 0) is 15.4 Å². The Kier molecular flexibility index (Phi) is 4.10. The lowest BCUT2D eigenvalue weighted by Crippen LogP contribution is -2.22. The summed E-state index contributed by atoms with van der Waals surface area (Å²) in [4.78, 5) is 0. The molecule has 3 nitrogen and oxygen atoms in total. The Morgan fingerprint density at radius 2 is 1.81 bits per heavy atom. The highest BCUT2D eigenvalue weighted by molar-refractivity contribution is 7.90. The van der Waals surface area contributed by atoms with Gasteiger partial charge in [0.1, 0.15) is 9.84 Å². The Bertz CT molecular complexity index is 421. The van der Waals surface area contributed by atoms with E-state index in [0.29, 0.717) is 12.8 Å². The molecule has 1 aromatic carbocycles. The van der Waals surface area contributed by atoms with Crippen molar-refractivity contribution in [3.8, 4) is 0 Å². The highest BCUT2D eigenvalue weighted by Crippen LogP contribution is 2.25. The molecule has 0 aliphatic heterocycles. The van der Waals surface area contributed by atoms with Crippen LogP contribution in [-0.4, -0.2) is 25.5 Å². The SMILES string of the molecule is CC(O)(CCCS(C)(=O)=O)c1ccccc1. The summed E-state index contributed by atoms with van der Waals surface area (Å²) in [6.45, 7) is 1.71. The smallest absolute Gasteiger partial charge is 0.147 e. The first-order chi connectivity index (χ1) is 7.31. The van der Waals surface area contributed by atoms with Crippen molar-refractivity contribution in [1.82, 2.24) is 0 Å². The summed E-state index contributed by atoms with van der Waals surface area (Å²) in [5, 5.41) is 10.2. The molecule has 16 heavy (non-hydrogen) atoms. The molecule has 1 rings (SSSR count). The number of benzene rings is 1. The predicted octanol–water partition coefficient (Wildman–Crippen LogP) is 1.72. The van der Waals surface area contributed by atoms with Gasteiger partial charge < -0.3 is 5.11 Å². The molecule has 0 radical (unpaired) electrons. The van der Waals surface area contributed by atoms with Gasteiger partial charge in [0, 0.05) is 12.0 Å². The number of sulfone groups is 1. The van der Waals surface area contributed by atoms with Gasteiger partial charge in [-0.05, 0) is 25.3 Å². The maximum Gasteiger partial charge on any atom is 0.147 e. The van der Waals surface area contributed by atoms with E-state index in [-0.39, 0.29) is 5.75 Å². The minimum atomic E-state index is -2.94. The van der Waals surface area contributed by atoms with Gasteiger partial charge in [-0.1, -0.05) is 30.3 Å². The topological polar surface area (TPSA) is 54.4 Å². The van der Waals surface area contributed by atoms with Crippen molar-refractivity contribution < 1.29 is 13.5 Å². The quantitative estimate of drug-likeness (QED) is 0.855. The van der Waals surface area contributed by atoms with Crippen LogP contribution in [0.4, 0.5) is 0 Å². The van der Waals surface area contributed by atoms with Gasteiger partial charge in [0.25, 0.3) is 0 Å². The number of aliphatic hydroxyl groups is 1. The molecule has 0 saturated heterocycles. The van der Waals surface area contributed by atoms with Crippen molar-refractivity contribution >= 4 is 9.84 Å². The maximum atomic E-state index is 11.0. The minimum Gasteiger partial charge on any atom is -0.385 e. The molecule has 0 aliphatic carbocycles. The standard InChI is InChI=1S/C12H18O3S/c1-12(13,9-6-10-16(2,14)15)11-7-4-3-5-8-11/h3-5,7-8,13H,6,9-10H2,1-2H3. The van der Waals surface area contributed by atoms with Crippen molar-refractivity contribution in [2.24, 2.45) is 0 Å². The molecule has 0 spiro atoms. The van der Waals surface area contributed by atoms with Crippen LogP contribution in [0.15, 0.2) is 30.3 Å². The number of hydrogen-bond donors (Lipinski definition) is 1. The zero-order valence-corrected chi connectivity index (χ0v) is 10.5. The van der Waals surface area contributed by atoms with Crippen molar-refractivity contribution in [3.05, 3.63) is 35.9 Å². The van der Waals surface area contributed by atoms with Crippen LogP contribution in [0.2, 0.25) is 0 Å². The Labute approximate surface area is 97.0 Å². The van der Waals surface area contributed by atoms with E-state index in [1.165, 1.54) is 6.26 Å². The molecule has 4 heteroatoms. The Balaban J connectivity index is 2.59. The summed E-state index contributed by atoms with van der Waals surface area (Å²) in [5.74, 6) is 0.121. The van der Waals surface area contributed by atoms with Crippen LogP contribution >= 0.6 is 0 Å². The molecule has 1 atom stereocenters. The Morgan fingerprint density at radius 3 is 2.31 bits per heavy atom. The fraction of sp³-hybridized carbons (Fsp3) is 0.500. The van der Waals surface area contributed by atoms with Crippen LogP contribution in [0.3, 0.4) is 0 Å². The van der Waals surface area contributed by atoms with Gasteiger partial charge in [0.05, 0.1) is 5.60 Å². The zero-order valence-electron chi connectivity index (χ0n) is 9.68. The van der Waals surface area contributed by atoms with Crippen LogP contribution in [0, 0.1) is 0 Å². The molecule has 0 aliphatic rings. The van der Waals surface area contributed by atoms with Gasteiger partial charge in [0.15, 0.2) is 0 Å². The van der Waals surface area contributed by atoms with E-state index in [1.54, 1.807) is 6.92 Å². The van der Waals surface area contributed by atoms with E-state index in [9.17, 15) is 13.5 Å². The molecular formula is C12H18O3S. The first-order valence-electron chi connectivity index (χ1n) is 5.27. The molecule has 1 unspecified atom stereocenters.